The monoisotopic (exact) mass is 434 g/mol. The van der Waals surface area contributed by atoms with Crippen molar-refractivity contribution in [1.29, 1.82) is 0 Å². The lowest BCUT2D eigenvalue weighted by atomic mass is 10.1. The lowest BCUT2D eigenvalue weighted by Gasteiger charge is -2.25. The molecule has 1 aliphatic rings. The van der Waals surface area contributed by atoms with E-state index in [9.17, 15) is 17.6 Å². The van der Waals surface area contributed by atoms with Crippen LogP contribution in [0.4, 0.5) is 10.1 Å². The second-order valence-corrected chi connectivity index (χ2v) is 9.40. The number of ether oxygens (including phenoxy) is 1. The Labute approximate surface area is 177 Å². The molecule has 8 heteroatoms. The lowest BCUT2D eigenvalue weighted by molar-refractivity contribution is 0.0600. The van der Waals surface area contributed by atoms with Crippen molar-refractivity contribution in [2.45, 2.75) is 25.6 Å². The van der Waals surface area contributed by atoms with Crippen LogP contribution in [0, 0.1) is 0 Å². The van der Waals surface area contributed by atoms with Crippen LogP contribution in [0.3, 0.4) is 0 Å². The van der Waals surface area contributed by atoms with E-state index < -0.39 is 22.2 Å². The molecule has 3 rings (SSSR count). The Kier molecular flexibility index (Phi) is 7.44. The number of carbonyl (C=O) groups is 1. The van der Waals surface area contributed by atoms with Gasteiger partial charge in [-0.1, -0.05) is 30.3 Å². The van der Waals surface area contributed by atoms with Gasteiger partial charge in [-0.25, -0.2) is 17.6 Å². The first-order chi connectivity index (χ1) is 14.4. The van der Waals surface area contributed by atoms with E-state index in [-0.39, 0.29) is 12.3 Å². The van der Waals surface area contributed by atoms with Crippen LogP contribution in [0.15, 0.2) is 54.6 Å². The molecular formula is C22H27FN2O4S. The molecule has 30 heavy (non-hydrogen) atoms. The smallest absolute Gasteiger partial charge is 0.337 e. The number of nitrogens with zero attached hydrogens (tertiary/aromatic N) is 2. The number of sulfonamides is 1. The average Bonchev–Trinajstić information content (AvgIpc) is 3.17. The Morgan fingerprint density at radius 3 is 2.47 bits per heavy atom. The van der Waals surface area contributed by atoms with E-state index in [1.807, 2.05) is 11.0 Å². The Hall–Kier alpha value is -2.45. The molecule has 1 fully saturated rings. The molecule has 0 aliphatic carbocycles. The van der Waals surface area contributed by atoms with Crippen molar-refractivity contribution >= 4 is 21.7 Å². The third kappa shape index (κ3) is 5.79. The van der Waals surface area contributed by atoms with Crippen molar-refractivity contribution in [3.63, 3.8) is 0 Å². The van der Waals surface area contributed by atoms with Crippen LogP contribution < -0.4 is 4.31 Å². The second-order valence-electron chi connectivity index (χ2n) is 7.39. The Balaban J connectivity index is 1.72. The SMILES string of the molecule is COC(=O)c1ccc(CN(c2ccccc2)S(=O)(=O)CCCN2CC[C@H](F)C2)cc1. The molecule has 0 saturated carbocycles. The van der Waals surface area contributed by atoms with Gasteiger partial charge < -0.3 is 9.64 Å². The molecule has 0 spiro atoms. The number of anilines is 1. The highest BCUT2D eigenvalue weighted by Gasteiger charge is 2.25. The first-order valence-electron chi connectivity index (χ1n) is 9.98. The molecular weight excluding hydrogens is 407 g/mol. The molecule has 0 unspecified atom stereocenters. The minimum Gasteiger partial charge on any atom is -0.465 e. The summed E-state index contributed by atoms with van der Waals surface area (Å²) in [6.45, 7) is 1.78. The molecule has 0 N–H and O–H groups in total. The maximum Gasteiger partial charge on any atom is 0.337 e. The highest BCUT2D eigenvalue weighted by molar-refractivity contribution is 7.92. The van der Waals surface area contributed by atoms with Crippen LogP contribution in [0.2, 0.25) is 0 Å². The van der Waals surface area contributed by atoms with E-state index in [1.165, 1.54) is 11.4 Å². The lowest BCUT2D eigenvalue weighted by Crippen LogP contribution is -2.34. The quantitative estimate of drug-likeness (QED) is 0.567. The van der Waals surface area contributed by atoms with Gasteiger partial charge in [-0.15, -0.1) is 0 Å². The predicted molar refractivity (Wildman–Crippen MR) is 115 cm³/mol. The van der Waals surface area contributed by atoms with Gasteiger partial charge in [0.2, 0.25) is 10.0 Å². The highest BCUT2D eigenvalue weighted by atomic mass is 32.2. The van der Waals surface area contributed by atoms with E-state index >= 15 is 0 Å². The molecule has 2 aromatic rings. The summed E-state index contributed by atoms with van der Waals surface area (Å²) < 4.78 is 45.7. The molecule has 0 bridgehead atoms. The van der Waals surface area contributed by atoms with Gasteiger partial charge in [0.05, 0.1) is 30.7 Å². The zero-order valence-corrected chi connectivity index (χ0v) is 17.9. The summed E-state index contributed by atoms with van der Waals surface area (Å²) in [5.41, 5.74) is 1.75. The molecule has 1 aliphatic heterocycles. The summed E-state index contributed by atoms with van der Waals surface area (Å²) in [6.07, 6.45) is 0.153. The first kappa shape index (κ1) is 22.2. The normalized spacial score (nSPS) is 17.1. The molecule has 1 heterocycles. The summed E-state index contributed by atoms with van der Waals surface area (Å²) in [5.74, 6) is -0.457. The number of para-hydroxylation sites is 1. The number of methoxy groups -OCH3 is 1. The van der Waals surface area contributed by atoms with E-state index in [0.29, 0.717) is 43.7 Å². The maximum atomic E-state index is 13.3. The maximum absolute atomic E-state index is 13.3. The molecule has 6 nitrogen and oxygen atoms in total. The fourth-order valence-corrected chi connectivity index (χ4v) is 5.05. The number of benzene rings is 2. The number of esters is 1. The van der Waals surface area contributed by atoms with Crippen molar-refractivity contribution in [2.24, 2.45) is 0 Å². The summed E-state index contributed by atoms with van der Waals surface area (Å²) in [6, 6.07) is 15.6. The van der Waals surface area contributed by atoms with Crippen LogP contribution in [-0.2, 0) is 21.3 Å². The van der Waals surface area contributed by atoms with Gasteiger partial charge in [-0.2, -0.15) is 0 Å². The molecule has 2 aromatic carbocycles. The van der Waals surface area contributed by atoms with E-state index in [2.05, 4.69) is 0 Å². The standard InChI is InChI=1S/C22H27FN2O4S/c1-29-22(26)19-10-8-18(9-11-19)16-25(21-6-3-2-4-7-21)30(27,28)15-5-13-24-14-12-20(23)17-24/h2-4,6-11,20H,5,12-17H2,1H3/t20-/m0/s1. The fraction of sp³-hybridized carbons (Fsp3) is 0.409. The predicted octanol–water partition coefficient (Wildman–Crippen LogP) is 3.24. The third-order valence-electron chi connectivity index (χ3n) is 5.17. The van der Waals surface area contributed by atoms with Gasteiger partial charge in [-0.05, 0) is 49.2 Å². The molecule has 0 radical (unpaired) electrons. The van der Waals surface area contributed by atoms with Gasteiger partial charge in [0, 0.05) is 13.1 Å². The zero-order chi connectivity index (χ0) is 21.6. The Bertz CT molecular complexity index is 935. The number of carbonyl (C=O) groups excluding carboxylic acids is 1. The largest absolute Gasteiger partial charge is 0.465 e. The van der Waals surface area contributed by atoms with E-state index in [0.717, 1.165) is 5.56 Å². The Morgan fingerprint density at radius 1 is 1.17 bits per heavy atom. The molecule has 0 aromatic heterocycles. The number of halogens is 1. The molecule has 1 atom stereocenters. The zero-order valence-electron chi connectivity index (χ0n) is 17.0. The van der Waals surface area contributed by atoms with Crippen LogP contribution in [0.5, 0.6) is 0 Å². The second kappa shape index (κ2) is 10.0. The van der Waals surface area contributed by atoms with Crippen molar-refractivity contribution in [2.75, 3.05) is 36.8 Å². The molecule has 0 amide bonds. The van der Waals surface area contributed by atoms with Gasteiger partial charge in [0.25, 0.3) is 0 Å². The topological polar surface area (TPSA) is 66.9 Å². The highest BCUT2D eigenvalue weighted by Crippen LogP contribution is 2.22. The van der Waals surface area contributed by atoms with Gasteiger partial charge >= 0.3 is 5.97 Å². The number of likely N-dealkylation sites (tertiary alicyclic amines) is 1. The molecule has 1 saturated heterocycles. The van der Waals surface area contributed by atoms with E-state index in [1.54, 1.807) is 48.5 Å². The van der Waals surface area contributed by atoms with E-state index in [4.69, 9.17) is 4.74 Å². The number of hydrogen-bond acceptors (Lipinski definition) is 5. The Morgan fingerprint density at radius 2 is 1.87 bits per heavy atom. The first-order valence-corrected chi connectivity index (χ1v) is 11.6. The minimum atomic E-state index is -3.59. The number of rotatable bonds is 9. The van der Waals surface area contributed by atoms with Gasteiger partial charge in [0.15, 0.2) is 0 Å². The summed E-state index contributed by atoms with van der Waals surface area (Å²) >= 11 is 0. The fourth-order valence-electron chi connectivity index (χ4n) is 3.54. The van der Waals surface area contributed by atoms with Crippen molar-refractivity contribution < 1.29 is 22.3 Å². The van der Waals surface area contributed by atoms with Crippen LogP contribution in [0.1, 0.15) is 28.8 Å². The average molecular weight is 435 g/mol. The summed E-state index contributed by atoms with van der Waals surface area (Å²) in [5, 5.41) is 0. The van der Waals surface area contributed by atoms with Gasteiger partial charge in [-0.3, -0.25) is 4.31 Å². The van der Waals surface area contributed by atoms with Crippen molar-refractivity contribution in [3.05, 3.63) is 65.7 Å². The third-order valence-corrected chi connectivity index (χ3v) is 6.99. The van der Waals surface area contributed by atoms with Gasteiger partial charge in [0.1, 0.15) is 6.17 Å². The summed E-state index contributed by atoms with van der Waals surface area (Å²) in [4.78, 5) is 13.6. The van der Waals surface area contributed by atoms with Crippen molar-refractivity contribution in [1.82, 2.24) is 4.90 Å². The number of hydrogen-bond donors (Lipinski definition) is 0. The summed E-state index contributed by atoms with van der Waals surface area (Å²) in [7, 11) is -2.27. The van der Waals surface area contributed by atoms with Crippen LogP contribution in [-0.4, -0.2) is 58.0 Å². The van der Waals surface area contributed by atoms with Crippen LogP contribution in [0.25, 0.3) is 0 Å². The van der Waals surface area contributed by atoms with Crippen molar-refractivity contribution in [3.8, 4) is 0 Å². The number of alkyl halides is 1. The minimum absolute atomic E-state index is 0.0183. The molecule has 162 valence electrons. The van der Waals surface area contributed by atoms with Crippen LogP contribution >= 0.6 is 0 Å².